The Balaban J connectivity index is 2.55. The van der Waals surface area contributed by atoms with Crippen molar-refractivity contribution in [1.29, 1.82) is 0 Å². The van der Waals surface area contributed by atoms with Crippen molar-refractivity contribution in [3.63, 3.8) is 0 Å². The summed E-state index contributed by atoms with van der Waals surface area (Å²) in [6.07, 6.45) is 1.78. The zero-order valence-electron chi connectivity index (χ0n) is 10.3. The van der Waals surface area contributed by atoms with E-state index in [1.54, 1.807) is 6.92 Å². The minimum atomic E-state index is 0.269. The minimum absolute atomic E-state index is 0.269. The van der Waals surface area contributed by atoms with E-state index < -0.39 is 0 Å². The molecule has 0 saturated carbocycles. The maximum absolute atomic E-state index is 11.6. The zero-order chi connectivity index (χ0) is 12.0. The van der Waals surface area contributed by atoms with Crippen LogP contribution in [0.2, 0.25) is 0 Å². The first kappa shape index (κ1) is 12.5. The van der Waals surface area contributed by atoms with Gasteiger partial charge in [0.05, 0.1) is 0 Å². The highest BCUT2D eigenvalue weighted by Crippen LogP contribution is 2.11. The van der Waals surface area contributed by atoms with Crippen LogP contribution in [0.3, 0.4) is 0 Å². The molecule has 0 aliphatic rings. The van der Waals surface area contributed by atoms with Crippen LogP contribution in [0, 0.1) is 25.7 Å². The molecule has 0 radical (unpaired) electrons. The van der Waals surface area contributed by atoms with Crippen LogP contribution in [-0.2, 0) is 11.2 Å². The van der Waals surface area contributed by atoms with Gasteiger partial charge in [-0.15, -0.1) is 11.8 Å². The number of hydrogen-bond acceptors (Lipinski definition) is 1. The molecule has 1 nitrogen and oxygen atoms in total. The number of rotatable bonds is 4. The lowest BCUT2D eigenvalue weighted by Crippen LogP contribution is -2.02. The van der Waals surface area contributed by atoms with Gasteiger partial charge in [-0.05, 0) is 37.5 Å². The molecule has 0 amide bonds. The Bertz CT molecular complexity index is 432. The van der Waals surface area contributed by atoms with Crippen LogP contribution in [0.25, 0.3) is 0 Å². The Labute approximate surface area is 97.9 Å². The molecule has 0 aliphatic carbocycles. The molecule has 1 rings (SSSR count). The monoisotopic (exact) mass is 214 g/mol. The summed E-state index contributed by atoms with van der Waals surface area (Å²) in [7, 11) is 0. The molecule has 0 aliphatic heterocycles. The van der Waals surface area contributed by atoms with Crippen molar-refractivity contribution in [3.8, 4) is 11.8 Å². The Hall–Kier alpha value is -1.55. The van der Waals surface area contributed by atoms with Gasteiger partial charge in [0.15, 0.2) is 0 Å². The highest BCUT2D eigenvalue weighted by Gasteiger charge is 2.03. The van der Waals surface area contributed by atoms with Crippen LogP contribution in [0.1, 0.15) is 36.5 Å². The predicted octanol–water partition coefficient (Wildman–Crippen LogP) is 3.22. The molecular weight excluding hydrogens is 196 g/mol. The van der Waals surface area contributed by atoms with Crippen molar-refractivity contribution >= 4 is 5.78 Å². The first-order valence-electron chi connectivity index (χ1n) is 5.61. The molecular formula is C15H18O. The van der Waals surface area contributed by atoms with Gasteiger partial charge in [-0.1, -0.05) is 18.2 Å². The van der Waals surface area contributed by atoms with Crippen LogP contribution in [0.15, 0.2) is 18.2 Å². The van der Waals surface area contributed by atoms with E-state index in [9.17, 15) is 4.79 Å². The number of ketones is 1. The molecule has 0 unspecified atom stereocenters. The van der Waals surface area contributed by atoms with Crippen LogP contribution in [0.4, 0.5) is 0 Å². The van der Waals surface area contributed by atoms with Gasteiger partial charge in [0.1, 0.15) is 5.78 Å². The summed E-state index contributed by atoms with van der Waals surface area (Å²) in [5, 5.41) is 0. The third-order valence-corrected chi connectivity index (χ3v) is 2.68. The van der Waals surface area contributed by atoms with Gasteiger partial charge in [-0.3, -0.25) is 4.79 Å². The van der Waals surface area contributed by atoms with E-state index >= 15 is 0 Å². The Morgan fingerprint density at radius 3 is 2.62 bits per heavy atom. The van der Waals surface area contributed by atoms with E-state index in [1.165, 1.54) is 11.1 Å². The second-order valence-corrected chi connectivity index (χ2v) is 4.06. The van der Waals surface area contributed by atoms with Crippen molar-refractivity contribution in [2.24, 2.45) is 0 Å². The number of hydrogen-bond donors (Lipinski definition) is 0. The molecule has 1 aromatic rings. The standard InChI is InChI=1S/C15H18O/c1-4-5-6-7-15(16)11-14-9-8-12(2)13(3)10-14/h8-10H,6-7,11H2,1-3H3. The maximum atomic E-state index is 11.6. The van der Waals surface area contributed by atoms with E-state index in [0.717, 1.165) is 5.56 Å². The van der Waals surface area contributed by atoms with E-state index in [-0.39, 0.29) is 5.78 Å². The highest BCUT2D eigenvalue weighted by atomic mass is 16.1. The first-order chi connectivity index (χ1) is 7.63. The van der Waals surface area contributed by atoms with Crippen LogP contribution in [0.5, 0.6) is 0 Å². The molecule has 84 valence electrons. The molecule has 1 aromatic carbocycles. The van der Waals surface area contributed by atoms with Crippen molar-refractivity contribution in [2.45, 2.75) is 40.0 Å². The van der Waals surface area contributed by atoms with Crippen LogP contribution < -0.4 is 0 Å². The third-order valence-electron chi connectivity index (χ3n) is 2.68. The molecule has 0 N–H and O–H groups in total. The van der Waals surface area contributed by atoms with Crippen molar-refractivity contribution in [1.82, 2.24) is 0 Å². The molecule has 0 spiro atoms. The normalized spacial score (nSPS) is 9.44. The Kier molecular flexibility index (Phi) is 4.79. The average molecular weight is 214 g/mol. The van der Waals surface area contributed by atoms with Gasteiger partial charge < -0.3 is 0 Å². The summed E-state index contributed by atoms with van der Waals surface area (Å²) in [5.41, 5.74) is 3.63. The van der Waals surface area contributed by atoms with Crippen LogP contribution in [-0.4, -0.2) is 5.78 Å². The number of Topliss-reactive ketones (excluding diaryl/α,β-unsaturated/α-hetero) is 1. The van der Waals surface area contributed by atoms with Gasteiger partial charge in [-0.25, -0.2) is 0 Å². The second-order valence-electron chi connectivity index (χ2n) is 4.06. The number of carbonyl (C=O) groups excluding carboxylic acids is 1. The summed E-state index contributed by atoms with van der Waals surface area (Å²) < 4.78 is 0. The molecule has 0 bridgehead atoms. The molecule has 1 heteroatoms. The fraction of sp³-hybridized carbons (Fsp3) is 0.400. The molecule has 0 aromatic heterocycles. The minimum Gasteiger partial charge on any atom is -0.299 e. The SMILES string of the molecule is CC#CCCC(=O)Cc1ccc(C)c(C)c1. The smallest absolute Gasteiger partial charge is 0.138 e. The number of aryl methyl sites for hydroxylation is 2. The van der Waals surface area contributed by atoms with E-state index in [4.69, 9.17) is 0 Å². The fourth-order valence-electron chi connectivity index (χ4n) is 1.56. The molecule has 0 atom stereocenters. The van der Waals surface area contributed by atoms with Crippen molar-refractivity contribution in [3.05, 3.63) is 34.9 Å². The van der Waals surface area contributed by atoms with Gasteiger partial charge in [0.25, 0.3) is 0 Å². The first-order valence-corrected chi connectivity index (χ1v) is 5.61. The maximum Gasteiger partial charge on any atom is 0.138 e. The quantitative estimate of drug-likeness (QED) is 0.703. The Morgan fingerprint density at radius 1 is 1.25 bits per heavy atom. The van der Waals surface area contributed by atoms with E-state index in [0.29, 0.717) is 19.3 Å². The summed E-state index contributed by atoms with van der Waals surface area (Å²) in [6.45, 7) is 5.96. The third kappa shape index (κ3) is 3.90. The summed E-state index contributed by atoms with van der Waals surface area (Å²) in [4.78, 5) is 11.6. The largest absolute Gasteiger partial charge is 0.299 e. The zero-order valence-corrected chi connectivity index (χ0v) is 10.3. The Morgan fingerprint density at radius 2 is 2.00 bits per heavy atom. The molecule has 0 heterocycles. The van der Waals surface area contributed by atoms with Gasteiger partial charge in [-0.2, -0.15) is 0 Å². The lowest BCUT2D eigenvalue weighted by Gasteiger charge is -2.04. The van der Waals surface area contributed by atoms with Crippen molar-refractivity contribution < 1.29 is 4.79 Å². The summed E-state index contributed by atoms with van der Waals surface area (Å²) in [5.74, 6) is 5.99. The van der Waals surface area contributed by atoms with E-state index in [1.807, 2.05) is 6.07 Å². The fourth-order valence-corrected chi connectivity index (χ4v) is 1.56. The highest BCUT2D eigenvalue weighted by molar-refractivity contribution is 5.81. The second kappa shape index (κ2) is 6.12. The lowest BCUT2D eigenvalue weighted by molar-refractivity contribution is -0.118. The topological polar surface area (TPSA) is 17.1 Å². The number of benzene rings is 1. The van der Waals surface area contributed by atoms with Crippen molar-refractivity contribution in [2.75, 3.05) is 0 Å². The molecule has 16 heavy (non-hydrogen) atoms. The van der Waals surface area contributed by atoms with Gasteiger partial charge in [0.2, 0.25) is 0 Å². The summed E-state index contributed by atoms with van der Waals surface area (Å²) in [6, 6.07) is 6.20. The lowest BCUT2D eigenvalue weighted by atomic mass is 10.0. The van der Waals surface area contributed by atoms with E-state index in [2.05, 4.69) is 37.8 Å². The molecule has 0 saturated heterocycles. The predicted molar refractivity (Wildman–Crippen MR) is 67.3 cm³/mol. The van der Waals surface area contributed by atoms with Gasteiger partial charge in [0, 0.05) is 19.3 Å². The number of carbonyl (C=O) groups is 1. The van der Waals surface area contributed by atoms with Gasteiger partial charge >= 0.3 is 0 Å². The van der Waals surface area contributed by atoms with Crippen LogP contribution >= 0.6 is 0 Å². The average Bonchev–Trinajstić information content (AvgIpc) is 2.24. The molecule has 0 fully saturated rings. The summed E-state index contributed by atoms with van der Waals surface area (Å²) >= 11 is 0.